The SMILES string of the molecule is COc1ccc2nc(NNC(=O)CCS(=O)(=O)c3ccc(C)cc3)sc2c1. The van der Waals surface area contributed by atoms with Crippen LogP contribution in [0.15, 0.2) is 47.4 Å². The Hall–Kier alpha value is -2.65. The Kier molecular flexibility index (Phi) is 5.62. The summed E-state index contributed by atoms with van der Waals surface area (Å²) in [5, 5.41) is 0.507. The van der Waals surface area contributed by atoms with Crippen LogP contribution in [-0.2, 0) is 14.6 Å². The quantitative estimate of drug-likeness (QED) is 0.587. The highest BCUT2D eigenvalue weighted by Gasteiger charge is 2.16. The molecule has 3 rings (SSSR count). The molecule has 0 saturated heterocycles. The molecule has 1 amide bonds. The molecule has 7 nitrogen and oxygen atoms in total. The molecule has 1 aromatic heterocycles. The Labute approximate surface area is 161 Å². The van der Waals surface area contributed by atoms with Crippen LogP contribution in [0.5, 0.6) is 5.75 Å². The minimum Gasteiger partial charge on any atom is -0.497 e. The number of hydrogen-bond acceptors (Lipinski definition) is 7. The van der Waals surface area contributed by atoms with Crippen LogP contribution in [0.2, 0.25) is 0 Å². The second-order valence-corrected chi connectivity index (χ2v) is 9.05. The van der Waals surface area contributed by atoms with Gasteiger partial charge in [-0.1, -0.05) is 29.0 Å². The monoisotopic (exact) mass is 405 g/mol. The van der Waals surface area contributed by atoms with E-state index in [0.29, 0.717) is 5.13 Å². The molecule has 27 heavy (non-hydrogen) atoms. The number of rotatable bonds is 7. The van der Waals surface area contributed by atoms with Crippen LogP contribution in [0.25, 0.3) is 10.2 Å². The number of hydrogen-bond donors (Lipinski definition) is 2. The van der Waals surface area contributed by atoms with Gasteiger partial charge in [-0.05, 0) is 37.3 Å². The first-order chi connectivity index (χ1) is 12.9. The second kappa shape index (κ2) is 7.93. The number of ether oxygens (including phenoxy) is 1. The number of thiazole rings is 1. The maximum absolute atomic E-state index is 12.3. The number of benzene rings is 2. The molecule has 0 bridgehead atoms. The Balaban J connectivity index is 1.56. The summed E-state index contributed by atoms with van der Waals surface area (Å²) in [5.41, 5.74) is 6.97. The summed E-state index contributed by atoms with van der Waals surface area (Å²) in [4.78, 5) is 16.5. The number of hydrazine groups is 1. The van der Waals surface area contributed by atoms with Crippen LogP contribution in [0.4, 0.5) is 5.13 Å². The molecule has 9 heteroatoms. The van der Waals surface area contributed by atoms with E-state index in [9.17, 15) is 13.2 Å². The van der Waals surface area contributed by atoms with Gasteiger partial charge in [0.1, 0.15) is 5.75 Å². The lowest BCUT2D eigenvalue weighted by atomic mass is 10.2. The van der Waals surface area contributed by atoms with Gasteiger partial charge < -0.3 is 4.74 Å². The van der Waals surface area contributed by atoms with E-state index in [0.717, 1.165) is 21.5 Å². The van der Waals surface area contributed by atoms with Crippen molar-refractivity contribution < 1.29 is 17.9 Å². The lowest BCUT2D eigenvalue weighted by Crippen LogP contribution is -2.30. The topological polar surface area (TPSA) is 97.4 Å². The van der Waals surface area contributed by atoms with Crippen molar-refractivity contribution in [3.05, 3.63) is 48.0 Å². The summed E-state index contributed by atoms with van der Waals surface area (Å²) in [7, 11) is -1.91. The van der Waals surface area contributed by atoms with Gasteiger partial charge in [0.25, 0.3) is 0 Å². The number of aromatic nitrogens is 1. The average Bonchev–Trinajstić information content (AvgIpc) is 3.07. The minimum absolute atomic E-state index is 0.151. The molecule has 0 aliphatic carbocycles. The first kappa shape index (κ1) is 19.1. The molecule has 2 aromatic carbocycles. The van der Waals surface area contributed by atoms with E-state index >= 15 is 0 Å². The normalized spacial score (nSPS) is 11.3. The highest BCUT2D eigenvalue weighted by molar-refractivity contribution is 7.91. The maximum atomic E-state index is 12.3. The zero-order valence-corrected chi connectivity index (χ0v) is 16.5. The fourth-order valence-corrected chi connectivity index (χ4v) is 4.45. The first-order valence-electron chi connectivity index (χ1n) is 8.16. The van der Waals surface area contributed by atoms with E-state index < -0.39 is 15.7 Å². The van der Waals surface area contributed by atoms with Crippen molar-refractivity contribution in [2.75, 3.05) is 18.3 Å². The van der Waals surface area contributed by atoms with Gasteiger partial charge in [0, 0.05) is 6.42 Å². The Bertz CT molecular complexity index is 1060. The predicted molar refractivity (Wildman–Crippen MR) is 106 cm³/mol. The van der Waals surface area contributed by atoms with Crippen molar-refractivity contribution >= 4 is 42.4 Å². The van der Waals surface area contributed by atoms with Gasteiger partial charge in [-0.3, -0.25) is 15.6 Å². The van der Waals surface area contributed by atoms with Crippen molar-refractivity contribution in [1.29, 1.82) is 0 Å². The maximum Gasteiger partial charge on any atom is 0.239 e. The van der Waals surface area contributed by atoms with Crippen LogP contribution in [0, 0.1) is 6.92 Å². The fourth-order valence-electron chi connectivity index (χ4n) is 2.36. The summed E-state index contributed by atoms with van der Waals surface area (Å²) in [6, 6.07) is 12.1. The molecular formula is C18H19N3O4S2. The number of nitrogens with zero attached hydrogens (tertiary/aromatic N) is 1. The summed E-state index contributed by atoms with van der Waals surface area (Å²) < 4.78 is 30.6. The van der Waals surface area contributed by atoms with Gasteiger partial charge in [-0.2, -0.15) is 0 Å². The Morgan fingerprint density at radius 1 is 1.19 bits per heavy atom. The van der Waals surface area contributed by atoms with E-state index in [1.54, 1.807) is 37.4 Å². The van der Waals surface area contributed by atoms with Crippen LogP contribution in [-0.4, -0.2) is 32.2 Å². The first-order valence-corrected chi connectivity index (χ1v) is 10.6. The second-order valence-electron chi connectivity index (χ2n) is 5.91. The van der Waals surface area contributed by atoms with E-state index in [1.807, 2.05) is 19.1 Å². The summed E-state index contributed by atoms with van der Waals surface area (Å²) >= 11 is 1.36. The molecule has 0 saturated carbocycles. The van der Waals surface area contributed by atoms with E-state index in [4.69, 9.17) is 4.74 Å². The smallest absolute Gasteiger partial charge is 0.239 e. The van der Waals surface area contributed by atoms with Gasteiger partial charge in [0.05, 0.1) is 28.0 Å². The minimum atomic E-state index is -3.50. The predicted octanol–water partition coefficient (Wildman–Crippen LogP) is 2.92. The molecule has 2 N–H and O–H groups in total. The Morgan fingerprint density at radius 3 is 2.63 bits per heavy atom. The van der Waals surface area contributed by atoms with E-state index in [-0.39, 0.29) is 17.1 Å². The molecule has 3 aromatic rings. The molecule has 0 unspecified atom stereocenters. The number of amides is 1. The zero-order valence-electron chi connectivity index (χ0n) is 14.9. The van der Waals surface area contributed by atoms with Crippen molar-refractivity contribution in [3.63, 3.8) is 0 Å². The van der Waals surface area contributed by atoms with Crippen molar-refractivity contribution in [2.24, 2.45) is 0 Å². The highest BCUT2D eigenvalue weighted by atomic mass is 32.2. The van der Waals surface area contributed by atoms with Crippen molar-refractivity contribution in [3.8, 4) is 5.75 Å². The molecule has 0 radical (unpaired) electrons. The summed E-state index contributed by atoms with van der Waals surface area (Å²) in [6.45, 7) is 1.88. The zero-order chi connectivity index (χ0) is 19.4. The number of carbonyl (C=O) groups excluding carboxylic acids is 1. The fraction of sp³-hybridized carbons (Fsp3) is 0.222. The average molecular weight is 406 g/mol. The number of methoxy groups -OCH3 is 1. The number of sulfone groups is 1. The van der Waals surface area contributed by atoms with E-state index in [1.165, 1.54) is 11.3 Å². The largest absolute Gasteiger partial charge is 0.497 e. The third-order valence-corrected chi connectivity index (χ3v) is 6.55. The third-order valence-electron chi connectivity index (χ3n) is 3.88. The van der Waals surface area contributed by atoms with E-state index in [2.05, 4.69) is 15.8 Å². The lowest BCUT2D eigenvalue weighted by molar-refractivity contribution is -0.120. The molecule has 1 heterocycles. The van der Waals surface area contributed by atoms with Gasteiger partial charge in [-0.25, -0.2) is 13.4 Å². The summed E-state index contributed by atoms with van der Waals surface area (Å²) in [6.07, 6.45) is -0.151. The molecule has 0 atom stereocenters. The molecular weight excluding hydrogens is 386 g/mol. The molecule has 0 spiro atoms. The molecule has 0 aliphatic rings. The van der Waals surface area contributed by atoms with Crippen molar-refractivity contribution in [2.45, 2.75) is 18.2 Å². The number of anilines is 1. The lowest BCUT2D eigenvalue weighted by Gasteiger charge is -2.07. The van der Waals surface area contributed by atoms with Gasteiger partial charge in [0.2, 0.25) is 11.0 Å². The number of nitrogens with one attached hydrogen (secondary N) is 2. The van der Waals surface area contributed by atoms with Gasteiger partial charge in [0.15, 0.2) is 9.84 Å². The summed E-state index contributed by atoms with van der Waals surface area (Å²) in [5.74, 6) is 0.0335. The molecule has 142 valence electrons. The van der Waals surface area contributed by atoms with Crippen LogP contribution < -0.4 is 15.6 Å². The van der Waals surface area contributed by atoms with Crippen LogP contribution in [0.3, 0.4) is 0 Å². The van der Waals surface area contributed by atoms with Crippen LogP contribution in [0.1, 0.15) is 12.0 Å². The van der Waals surface area contributed by atoms with Crippen molar-refractivity contribution in [1.82, 2.24) is 10.4 Å². The van der Waals surface area contributed by atoms with Crippen LogP contribution >= 0.6 is 11.3 Å². The third kappa shape index (κ3) is 4.75. The highest BCUT2D eigenvalue weighted by Crippen LogP contribution is 2.28. The number of fused-ring (bicyclic) bond motifs is 1. The number of aryl methyl sites for hydroxylation is 1. The van der Waals surface area contributed by atoms with Gasteiger partial charge >= 0.3 is 0 Å². The standard InChI is InChI=1S/C18H19N3O4S2/c1-12-3-6-14(7-4-12)27(23,24)10-9-17(22)20-21-18-19-15-8-5-13(25-2)11-16(15)26-18/h3-8,11H,9-10H2,1-2H3,(H,19,21)(H,20,22). The molecule has 0 aliphatic heterocycles. The molecule has 0 fully saturated rings. The Morgan fingerprint density at radius 2 is 1.93 bits per heavy atom. The van der Waals surface area contributed by atoms with Gasteiger partial charge in [-0.15, -0.1) is 0 Å². The number of carbonyl (C=O) groups is 1.